The standard InChI is InChI=1S/C29H24ClN5O2/c1-17(33-27-23(16-32-29(31)34-27)20-9-6-8-19(14-20)18(2)36)25-15-21-10-7-13-24(30)26(21)28(37)35(25)22-11-4-3-5-12-22/h3-17H,1-2H3,(H3,31,32,33,34)/t17-/m0/s1. The van der Waals surface area contributed by atoms with Gasteiger partial charge in [0.25, 0.3) is 5.56 Å². The Morgan fingerprint density at radius 2 is 1.78 bits per heavy atom. The third-order valence-corrected chi connectivity index (χ3v) is 6.54. The maximum Gasteiger partial charge on any atom is 0.264 e. The van der Waals surface area contributed by atoms with E-state index in [9.17, 15) is 9.59 Å². The summed E-state index contributed by atoms with van der Waals surface area (Å²) in [6.45, 7) is 3.47. The minimum absolute atomic E-state index is 0.0391. The van der Waals surface area contributed by atoms with E-state index < -0.39 is 0 Å². The molecular formula is C29H24ClN5O2. The number of nitrogens with one attached hydrogen (secondary N) is 1. The molecule has 0 bridgehead atoms. The van der Waals surface area contributed by atoms with Crippen LogP contribution in [0.1, 0.15) is 35.9 Å². The van der Waals surface area contributed by atoms with Gasteiger partial charge < -0.3 is 11.1 Å². The van der Waals surface area contributed by atoms with E-state index in [1.807, 2.05) is 67.6 Å². The lowest BCUT2D eigenvalue weighted by Crippen LogP contribution is -2.26. The number of ketones is 1. The van der Waals surface area contributed by atoms with Crippen LogP contribution in [0.3, 0.4) is 0 Å². The average Bonchev–Trinajstić information content (AvgIpc) is 2.89. The molecule has 184 valence electrons. The van der Waals surface area contributed by atoms with Crippen LogP contribution in [0, 0.1) is 0 Å². The highest BCUT2D eigenvalue weighted by molar-refractivity contribution is 6.35. The summed E-state index contributed by atoms with van der Waals surface area (Å²) in [7, 11) is 0. The van der Waals surface area contributed by atoms with E-state index in [1.54, 1.807) is 29.0 Å². The second-order valence-corrected chi connectivity index (χ2v) is 9.15. The Bertz CT molecular complexity index is 1700. The normalized spacial score (nSPS) is 11.9. The molecule has 2 aromatic heterocycles. The lowest BCUT2D eigenvalue weighted by atomic mass is 10.0. The number of nitrogen functional groups attached to an aromatic ring is 1. The lowest BCUT2D eigenvalue weighted by Gasteiger charge is -2.23. The molecule has 0 saturated carbocycles. The fourth-order valence-electron chi connectivity index (χ4n) is 4.40. The van der Waals surface area contributed by atoms with Gasteiger partial charge in [0.05, 0.1) is 16.5 Å². The highest BCUT2D eigenvalue weighted by Crippen LogP contribution is 2.31. The molecule has 5 rings (SSSR count). The van der Waals surface area contributed by atoms with Crippen LogP contribution in [0.5, 0.6) is 0 Å². The molecule has 0 fully saturated rings. The first-order valence-corrected chi connectivity index (χ1v) is 12.1. The van der Waals surface area contributed by atoms with E-state index >= 15 is 0 Å². The number of para-hydroxylation sites is 1. The molecule has 0 radical (unpaired) electrons. The molecule has 0 aliphatic rings. The van der Waals surface area contributed by atoms with Gasteiger partial charge in [0, 0.05) is 28.7 Å². The number of hydrogen-bond donors (Lipinski definition) is 2. The predicted octanol–water partition coefficient (Wildman–Crippen LogP) is 6.06. The molecule has 8 heteroatoms. The van der Waals surface area contributed by atoms with E-state index in [0.717, 1.165) is 16.6 Å². The fourth-order valence-corrected chi connectivity index (χ4v) is 4.67. The molecule has 0 aliphatic carbocycles. The van der Waals surface area contributed by atoms with E-state index in [0.29, 0.717) is 33.0 Å². The Labute approximate surface area is 218 Å². The van der Waals surface area contributed by atoms with Crippen LogP contribution in [-0.4, -0.2) is 20.3 Å². The topological polar surface area (TPSA) is 103 Å². The van der Waals surface area contributed by atoms with Gasteiger partial charge in [-0.2, -0.15) is 4.98 Å². The zero-order chi connectivity index (χ0) is 26.1. The van der Waals surface area contributed by atoms with Gasteiger partial charge in [0.2, 0.25) is 5.95 Å². The number of anilines is 2. The summed E-state index contributed by atoms with van der Waals surface area (Å²) in [6, 6.07) is 23.7. The van der Waals surface area contributed by atoms with Gasteiger partial charge in [-0.1, -0.05) is 60.1 Å². The molecule has 0 spiro atoms. The molecule has 1 atom stereocenters. The lowest BCUT2D eigenvalue weighted by molar-refractivity contribution is 0.101. The highest BCUT2D eigenvalue weighted by Gasteiger charge is 2.20. The predicted molar refractivity (Wildman–Crippen MR) is 148 cm³/mol. The Morgan fingerprint density at radius 3 is 2.54 bits per heavy atom. The Morgan fingerprint density at radius 1 is 1.03 bits per heavy atom. The Kier molecular flexibility index (Phi) is 6.46. The summed E-state index contributed by atoms with van der Waals surface area (Å²) in [5.74, 6) is 0.550. The smallest absolute Gasteiger partial charge is 0.264 e. The maximum atomic E-state index is 13.7. The monoisotopic (exact) mass is 509 g/mol. The summed E-state index contributed by atoms with van der Waals surface area (Å²) in [5.41, 5.74) is 9.20. The third kappa shape index (κ3) is 4.69. The fraction of sp³-hybridized carbons (Fsp3) is 0.103. The van der Waals surface area contributed by atoms with E-state index in [1.165, 1.54) is 6.92 Å². The van der Waals surface area contributed by atoms with Crippen LogP contribution < -0.4 is 16.6 Å². The van der Waals surface area contributed by atoms with Crippen molar-refractivity contribution in [2.45, 2.75) is 19.9 Å². The van der Waals surface area contributed by atoms with Crippen molar-refractivity contribution in [2.24, 2.45) is 0 Å². The maximum absolute atomic E-state index is 13.7. The van der Waals surface area contributed by atoms with Crippen molar-refractivity contribution in [1.82, 2.24) is 14.5 Å². The molecule has 7 nitrogen and oxygen atoms in total. The summed E-state index contributed by atoms with van der Waals surface area (Å²) in [4.78, 5) is 34.3. The van der Waals surface area contributed by atoms with E-state index in [2.05, 4.69) is 15.3 Å². The Hall–Kier alpha value is -4.49. The number of rotatable bonds is 6. The minimum Gasteiger partial charge on any atom is -0.368 e. The van der Waals surface area contributed by atoms with Gasteiger partial charge in [0.15, 0.2) is 5.78 Å². The van der Waals surface area contributed by atoms with Crippen molar-refractivity contribution in [2.75, 3.05) is 11.1 Å². The number of Topliss-reactive ketones (excluding diaryl/α,β-unsaturated/α-hetero) is 1. The number of pyridine rings is 1. The zero-order valence-corrected chi connectivity index (χ0v) is 21.0. The van der Waals surface area contributed by atoms with Gasteiger partial charge in [-0.25, -0.2) is 4.98 Å². The first kappa shape index (κ1) is 24.2. The summed E-state index contributed by atoms with van der Waals surface area (Å²) in [6.07, 6.45) is 1.63. The van der Waals surface area contributed by atoms with Crippen LogP contribution in [0.15, 0.2) is 89.9 Å². The van der Waals surface area contributed by atoms with Gasteiger partial charge in [-0.15, -0.1) is 0 Å². The van der Waals surface area contributed by atoms with Gasteiger partial charge in [-0.3, -0.25) is 14.2 Å². The van der Waals surface area contributed by atoms with Crippen molar-refractivity contribution in [3.8, 4) is 16.8 Å². The van der Waals surface area contributed by atoms with Crippen LogP contribution in [0.25, 0.3) is 27.6 Å². The SMILES string of the molecule is CC(=O)c1cccc(-c2cnc(N)nc2N[C@@H](C)c2cc3cccc(Cl)c3c(=O)n2-c2ccccc2)c1. The first-order chi connectivity index (χ1) is 17.8. The molecular weight excluding hydrogens is 486 g/mol. The van der Waals surface area contributed by atoms with Crippen molar-refractivity contribution >= 4 is 39.9 Å². The van der Waals surface area contributed by atoms with Crippen molar-refractivity contribution in [1.29, 1.82) is 0 Å². The van der Waals surface area contributed by atoms with Crippen LogP contribution >= 0.6 is 11.6 Å². The number of hydrogen-bond acceptors (Lipinski definition) is 6. The van der Waals surface area contributed by atoms with Crippen molar-refractivity contribution in [3.05, 3.63) is 112 Å². The number of nitrogens with zero attached hydrogens (tertiary/aromatic N) is 3. The number of fused-ring (bicyclic) bond motifs is 1. The molecule has 37 heavy (non-hydrogen) atoms. The van der Waals surface area contributed by atoms with Crippen LogP contribution in [0.4, 0.5) is 11.8 Å². The number of nitrogens with two attached hydrogens (primary N) is 1. The molecule has 5 aromatic rings. The average molecular weight is 510 g/mol. The molecule has 0 saturated heterocycles. The second kappa shape index (κ2) is 9.87. The Balaban J connectivity index is 1.66. The largest absolute Gasteiger partial charge is 0.368 e. The molecule has 0 unspecified atom stereocenters. The third-order valence-electron chi connectivity index (χ3n) is 6.22. The molecule has 3 aromatic carbocycles. The summed E-state index contributed by atoms with van der Waals surface area (Å²) < 4.78 is 1.66. The van der Waals surface area contributed by atoms with Gasteiger partial charge in [-0.05, 0) is 55.1 Å². The zero-order valence-electron chi connectivity index (χ0n) is 20.3. The number of carbonyl (C=O) groups excluding carboxylic acids is 1. The van der Waals surface area contributed by atoms with Crippen molar-refractivity contribution in [3.63, 3.8) is 0 Å². The number of aromatic nitrogens is 3. The quantitative estimate of drug-likeness (QED) is 0.270. The molecule has 3 N–H and O–H groups in total. The first-order valence-electron chi connectivity index (χ1n) is 11.7. The van der Waals surface area contributed by atoms with Crippen LogP contribution in [-0.2, 0) is 0 Å². The number of benzene rings is 3. The van der Waals surface area contributed by atoms with Gasteiger partial charge >= 0.3 is 0 Å². The van der Waals surface area contributed by atoms with Crippen LogP contribution in [0.2, 0.25) is 5.02 Å². The van der Waals surface area contributed by atoms with Crippen molar-refractivity contribution < 1.29 is 4.79 Å². The highest BCUT2D eigenvalue weighted by atomic mass is 35.5. The summed E-state index contributed by atoms with van der Waals surface area (Å²) in [5, 5.41) is 5.02. The second-order valence-electron chi connectivity index (χ2n) is 8.74. The van der Waals surface area contributed by atoms with E-state index in [4.69, 9.17) is 17.3 Å². The minimum atomic E-state index is -0.375. The summed E-state index contributed by atoms with van der Waals surface area (Å²) >= 11 is 6.44. The van der Waals surface area contributed by atoms with Gasteiger partial charge in [0.1, 0.15) is 5.82 Å². The molecule has 0 amide bonds. The molecule has 2 heterocycles. The number of carbonyl (C=O) groups is 1. The van der Waals surface area contributed by atoms with E-state index in [-0.39, 0.29) is 23.3 Å². The molecule has 0 aliphatic heterocycles. The number of halogens is 1.